The van der Waals surface area contributed by atoms with Crippen molar-refractivity contribution in [2.45, 2.75) is 0 Å². The molecule has 0 radical (unpaired) electrons. The van der Waals surface area contributed by atoms with E-state index in [0.29, 0.717) is 5.75 Å². The third-order valence-corrected chi connectivity index (χ3v) is 4.71. The fourth-order valence-corrected chi connectivity index (χ4v) is 3.30. The highest BCUT2D eigenvalue weighted by atomic mass is 79.9. The number of rotatable bonds is 2. The molecule has 23 heavy (non-hydrogen) atoms. The van der Waals surface area contributed by atoms with Gasteiger partial charge in [0.1, 0.15) is 5.75 Å². The van der Waals surface area contributed by atoms with Crippen LogP contribution in [0.5, 0.6) is 5.75 Å². The van der Waals surface area contributed by atoms with Crippen molar-refractivity contribution in [3.05, 3.63) is 53.0 Å². The van der Waals surface area contributed by atoms with Gasteiger partial charge >= 0.3 is 0 Å². The van der Waals surface area contributed by atoms with Gasteiger partial charge < -0.3 is 20.2 Å². The highest BCUT2D eigenvalue weighted by Crippen LogP contribution is 2.20. The SMILES string of the molecule is Oc1ccc(N2CCN(C(=S)Nc3cccc(Br)c3)CC2)cc1. The number of hydrogen-bond donors (Lipinski definition) is 2. The normalized spacial score (nSPS) is 14.7. The Bertz CT molecular complexity index is 684. The monoisotopic (exact) mass is 391 g/mol. The van der Waals surface area contributed by atoms with Crippen LogP contribution in [-0.2, 0) is 0 Å². The van der Waals surface area contributed by atoms with Crippen LogP contribution in [0.3, 0.4) is 0 Å². The molecule has 0 bridgehead atoms. The van der Waals surface area contributed by atoms with Crippen LogP contribution < -0.4 is 10.2 Å². The van der Waals surface area contributed by atoms with Crippen molar-refractivity contribution < 1.29 is 5.11 Å². The van der Waals surface area contributed by atoms with Gasteiger partial charge in [-0.05, 0) is 54.7 Å². The van der Waals surface area contributed by atoms with Gasteiger partial charge in [0.05, 0.1) is 0 Å². The van der Waals surface area contributed by atoms with E-state index in [1.165, 1.54) is 0 Å². The molecular weight excluding hydrogens is 374 g/mol. The number of thiocarbonyl (C=S) groups is 1. The van der Waals surface area contributed by atoms with E-state index in [4.69, 9.17) is 12.2 Å². The van der Waals surface area contributed by atoms with E-state index in [1.807, 2.05) is 36.4 Å². The predicted molar refractivity (Wildman–Crippen MR) is 102 cm³/mol. The maximum Gasteiger partial charge on any atom is 0.173 e. The molecule has 1 aliphatic rings. The quantitative estimate of drug-likeness (QED) is 0.763. The second kappa shape index (κ2) is 7.19. The summed E-state index contributed by atoms with van der Waals surface area (Å²) in [6, 6.07) is 15.3. The molecule has 1 heterocycles. The summed E-state index contributed by atoms with van der Waals surface area (Å²) in [7, 11) is 0. The van der Waals surface area contributed by atoms with Crippen LogP contribution >= 0.6 is 28.1 Å². The number of piperazine rings is 1. The summed E-state index contributed by atoms with van der Waals surface area (Å²) in [5.41, 5.74) is 2.12. The van der Waals surface area contributed by atoms with Gasteiger partial charge in [-0.3, -0.25) is 0 Å². The number of phenolic OH excluding ortho intramolecular Hbond substituents is 1. The van der Waals surface area contributed by atoms with E-state index in [1.54, 1.807) is 12.1 Å². The minimum absolute atomic E-state index is 0.298. The van der Waals surface area contributed by atoms with Crippen molar-refractivity contribution in [1.29, 1.82) is 0 Å². The Hall–Kier alpha value is -1.79. The average Bonchev–Trinajstić information content (AvgIpc) is 2.56. The Morgan fingerprint density at radius 2 is 1.74 bits per heavy atom. The van der Waals surface area contributed by atoms with Crippen molar-refractivity contribution >= 4 is 44.6 Å². The lowest BCUT2D eigenvalue weighted by Gasteiger charge is -2.37. The largest absolute Gasteiger partial charge is 0.508 e. The van der Waals surface area contributed by atoms with Crippen LogP contribution in [-0.4, -0.2) is 41.3 Å². The second-order valence-electron chi connectivity index (χ2n) is 5.43. The van der Waals surface area contributed by atoms with Crippen LogP contribution in [0.1, 0.15) is 0 Å². The summed E-state index contributed by atoms with van der Waals surface area (Å²) in [6.07, 6.45) is 0. The van der Waals surface area contributed by atoms with Crippen molar-refractivity contribution in [1.82, 2.24) is 4.90 Å². The third kappa shape index (κ3) is 4.14. The molecule has 4 nitrogen and oxygen atoms in total. The van der Waals surface area contributed by atoms with Crippen LogP contribution in [0.15, 0.2) is 53.0 Å². The van der Waals surface area contributed by atoms with Crippen molar-refractivity contribution in [2.24, 2.45) is 0 Å². The lowest BCUT2D eigenvalue weighted by Crippen LogP contribution is -2.50. The molecule has 0 atom stereocenters. The Labute approximate surface area is 149 Å². The summed E-state index contributed by atoms with van der Waals surface area (Å²) in [6.45, 7) is 3.57. The molecule has 1 saturated heterocycles. The van der Waals surface area contributed by atoms with Crippen LogP contribution in [0.25, 0.3) is 0 Å². The fourth-order valence-electron chi connectivity index (χ4n) is 2.60. The molecule has 6 heteroatoms. The van der Waals surface area contributed by atoms with E-state index in [2.05, 4.69) is 31.0 Å². The Morgan fingerprint density at radius 1 is 1.04 bits per heavy atom. The fraction of sp³-hybridized carbons (Fsp3) is 0.235. The Morgan fingerprint density at radius 3 is 2.39 bits per heavy atom. The Kier molecular flexibility index (Phi) is 5.03. The van der Waals surface area contributed by atoms with Gasteiger partial charge in [0, 0.05) is 42.0 Å². The number of hydrogen-bond acceptors (Lipinski definition) is 3. The molecule has 0 aromatic heterocycles. The van der Waals surface area contributed by atoms with Gasteiger partial charge in [-0.1, -0.05) is 22.0 Å². The smallest absolute Gasteiger partial charge is 0.173 e. The standard InChI is InChI=1S/C17H18BrN3OS/c18-13-2-1-3-14(12-13)19-17(23)21-10-8-20(9-11-21)15-4-6-16(22)7-5-15/h1-7,12,22H,8-11H2,(H,19,23). The van der Waals surface area contributed by atoms with Gasteiger partial charge in [-0.2, -0.15) is 0 Å². The van der Waals surface area contributed by atoms with Gasteiger partial charge in [-0.25, -0.2) is 0 Å². The number of anilines is 2. The molecule has 0 spiro atoms. The molecule has 0 aliphatic carbocycles. The summed E-state index contributed by atoms with van der Waals surface area (Å²) < 4.78 is 1.03. The molecule has 2 aromatic rings. The number of benzene rings is 2. The van der Waals surface area contributed by atoms with E-state index >= 15 is 0 Å². The molecular formula is C17H18BrN3OS. The lowest BCUT2D eigenvalue weighted by molar-refractivity contribution is 0.391. The lowest BCUT2D eigenvalue weighted by atomic mass is 10.2. The summed E-state index contributed by atoms with van der Waals surface area (Å²) in [5.74, 6) is 0.298. The van der Waals surface area contributed by atoms with E-state index < -0.39 is 0 Å². The first-order chi connectivity index (χ1) is 11.1. The minimum Gasteiger partial charge on any atom is -0.508 e. The molecule has 1 aliphatic heterocycles. The average molecular weight is 392 g/mol. The number of nitrogens with one attached hydrogen (secondary N) is 1. The number of aromatic hydroxyl groups is 1. The summed E-state index contributed by atoms with van der Waals surface area (Å²) >= 11 is 8.99. The highest BCUT2D eigenvalue weighted by molar-refractivity contribution is 9.10. The van der Waals surface area contributed by atoms with Gasteiger partial charge in [0.2, 0.25) is 0 Å². The number of halogens is 1. The minimum atomic E-state index is 0.298. The third-order valence-electron chi connectivity index (χ3n) is 3.86. The van der Waals surface area contributed by atoms with Crippen LogP contribution in [0, 0.1) is 0 Å². The molecule has 0 saturated carbocycles. The van der Waals surface area contributed by atoms with E-state index in [0.717, 1.165) is 47.1 Å². The van der Waals surface area contributed by atoms with Gasteiger partial charge in [-0.15, -0.1) is 0 Å². The van der Waals surface area contributed by atoms with Crippen molar-refractivity contribution in [2.75, 3.05) is 36.4 Å². The zero-order valence-electron chi connectivity index (χ0n) is 12.6. The highest BCUT2D eigenvalue weighted by Gasteiger charge is 2.19. The number of nitrogens with zero attached hydrogens (tertiary/aromatic N) is 2. The van der Waals surface area contributed by atoms with Crippen LogP contribution in [0.4, 0.5) is 11.4 Å². The molecule has 2 N–H and O–H groups in total. The zero-order valence-corrected chi connectivity index (χ0v) is 15.0. The summed E-state index contributed by atoms with van der Waals surface area (Å²) in [5, 5.41) is 13.4. The second-order valence-corrected chi connectivity index (χ2v) is 6.73. The number of phenols is 1. The molecule has 1 fully saturated rings. The predicted octanol–water partition coefficient (Wildman–Crippen LogP) is 3.67. The topological polar surface area (TPSA) is 38.7 Å². The van der Waals surface area contributed by atoms with E-state index in [9.17, 15) is 5.11 Å². The first-order valence-corrected chi connectivity index (χ1v) is 8.67. The maximum absolute atomic E-state index is 9.37. The van der Waals surface area contributed by atoms with Crippen molar-refractivity contribution in [3.63, 3.8) is 0 Å². The van der Waals surface area contributed by atoms with Gasteiger partial charge in [0.15, 0.2) is 5.11 Å². The maximum atomic E-state index is 9.37. The summed E-state index contributed by atoms with van der Waals surface area (Å²) in [4.78, 5) is 4.49. The molecule has 2 aromatic carbocycles. The first-order valence-electron chi connectivity index (χ1n) is 7.47. The van der Waals surface area contributed by atoms with E-state index in [-0.39, 0.29) is 0 Å². The van der Waals surface area contributed by atoms with Gasteiger partial charge in [0.25, 0.3) is 0 Å². The Balaban J connectivity index is 1.56. The molecule has 0 unspecified atom stereocenters. The molecule has 0 amide bonds. The van der Waals surface area contributed by atoms with Crippen LogP contribution in [0.2, 0.25) is 0 Å². The zero-order chi connectivity index (χ0) is 16.2. The molecule has 3 rings (SSSR count). The molecule has 120 valence electrons. The first kappa shape index (κ1) is 16.1. The van der Waals surface area contributed by atoms with Crippen molar-refractivity contribution in [3.8, 4) is 5.75 Å².